The highest BCUT2D eigenvalue weighted by atomic mass is 15.2. The summed E-state index contributed by atoms with van der Waals surface area (Å²) in [4.78, 5) is 2.42. The van der Waals surface area contributed by atoms with Crippen LogP contribution in [0.25, 0.3) is 0 Å². The maximum absolute atomic E-state index is 3.96. The van der Waals surface area contributed by atoms with Crippen LogP contribution in [0.1, 0.15) is 32.1 Å². The molecule has 1 heteroatoms. The Morgan fingerprint density at radius 1 is 1.13 bits per heavy atom. The summed E-state index contributed by atoms with van der Waals surface area (Å²) in [6.07, 6.45) is 10.8. The van der Waals surface area contributed by atoms with E-state index in [-0.39, 0.29) is 0 Å². The summed E-state index contributed by atoms with van der Waals surface area (Å²) in [6, 6.07) is 0.702. The maximum atomic E-state index is 3.96. The molecule has 0 spiro atoms. The van der Waals surface area contributed by atoms with Gasteiger partial charge in [-0.3, -0.25) is 0 Å². The van der Waals surface area contributed by atoms with Gasteiger partial charge >= 0.3 is 0 Å². The monoisotopic (exact) mass is 203 g/mol. The minimum atomic E-state index is 0.702. The Bertz CT molecular complexity index is 300. The predicted molar refractivity (Wildman–Crippen MR) is 65.5 cm³/mol. The molecule has 1 aliphatic heterocycles. The van der Waals surface area contributed by atoms with Crippen LogP contribution in [0.5, 0.6) is 0 Å². The van der Waals surface area contributed by atoms with Crippen molar-refractivity contribution in [2.45, 2.75) is 38.1 Å². The van der Waals surface area contributed by atoms with Crippen LogP contribution in [0.3, 0.4) is 0 Å². The SMILES string of the molecule is C=CC1=C(C=C)N(C)C2CCCCCC12. The number of allylic oxidation sites excluding steroid dienone is 2. The third-order valence-corrected chi connectivity index (χ3v) is 3.97. The average molecular weight is 203 g/mol. The quantitative estimate of drug-likeness (QED) is 0.664. The van der Waals surface area contributed by atoms with Crippen LogP contribution in [0.15, 0.2) is 36.6 Å². The highest BCUT2D eigenvalue weighted by Crippen LogP contribution is 2.41. The number of fused-ring (bicyclic) bond motifs is 1. The van der Waals surface area contributed by atoms with Gasteiger partial charge in [0.1, 0.15) is 0 Å². The van der Waals surface area contributed by atoms with E-state index in [1.807, 2.05) is 12.2 Å². The zero-order valence-electron chi connectivity index (χ0n) is 9.71. The third-order valence-electron chi connectivity index (χ3n) is 3.97. The fraction of sp³-hybridized carbons (Fsp3) is 0.571. The van der Waals surface area contributed by atoms with Gasteiger partial charge < -0.3 is 4.90 Å². The van der Waals surface area contributed by atoms with E-state index in [1.54, 1.807) is 0 Å². The Kier molecular flexibility index (Phi) is 2.99. The molecule has 0 saturated heterocycles. The number of hydrogen-bond acceptors (Lipinski definition) is 1. The van der Waals surface area contributed by atoms with E-state index in [1.165, 1.54) is 43.4 Å². The lowest BCUT2D eigenvalue weighted by Crippen LogP contribution is -2.29. The van der Waals surface area contributed by atoms with Crippen molar-refractivity contribution in [2.24, 2.45) is 5.92 Å². The molecule has 1 heterocycles. The van der Waals surface area contributed by atoms with Crippen LogP contribution in [-0.4, -0.2) is 18.0 Å². The Morgan fingerprint density at radius 2 is 1.87 bits per heavy atom. The summed E-state index contributed by atoms with van der Waals surface area (Å²) in [5, 5.41) is 0. The van der Waals surface area contributed by atoms with Crippen LogP contribution in [-0.2, 0) is 0 Å². The summed E-state index contributed by atoms with van der Waals surface area (Å²) in [5.74, 6) is 0.711. The summed E-state index contributed by atoms with van der Waals surface area (Å²) >= 11 is 0. The highest BCUT2D eigenvalue weighted by molar-refractivity contribution is 5.38. The second-order valence-electron chi connectivity index (χ2n) is 4.67. The average Bonchev–Trinajstić information content (AvgIpc) is 2.45. The minimum Gasteiger partial charge on any atom is -0.371 e. The van der Waals surface area contributed by atoms with Crippen LogP contribution in [0, 0.1) is 5.92 Å². The topological polar surface area (TPSA) is 3.24 Å². The first-order valence-electron chi connectivity index (χ1n) is 6.01. The Balaban J connectivity index is 2.33. The molecule has 1 saturated carbocycles. The number of nitrogens with zero attached hydrogens (tertiary/aromatic N) is 1. The Hall–Kier alpha value is -0.980. The predicted octanol–water partition coefficient (Wildman–Crippen LogP) is 3.51. The van der Waals surface area contributed by atoms with E-state index >= 15 is 0 Å². The number of rotatable bonds is 2. The molecule has 15 heavy (non-hydrogen) atoms. The van der Waals surface area contributed by atoms with Gasteiger partial charge in [-0.05, 0) is 24.5 Å². The van der Waals surface area contributed by atoms with Crippen molar-refractivity contribution in [3.8, 4) is 0 Å². The molecule has 1 aliphatic carbocycles. The third kappa shape index (κ3) is 1.64. The molecule has 0 amide bonds. The first-order valence-corrected chi connectivity index (χ1v) is 6.01. The van der Waals surface area contributed by atoms with E-state index in [9.17, 15) is 0 Å². The maximum Gasteiger partial charge on any atom is 0.0396 e. The lowest BCUT2D eigenvalue weighted by atomic mass is 9.90. The first-order chi connectivity index (χ1) is 7.29. The molecule has 2 atom stereocenters. The van der Waals surface area contributed by atoms with Gasteiger partial charge in [0.05, 0.1) is 0 Å². The van der Waals surface area contributed by atoms with Crippen LogP contribution >= 0.6 is 0 Å². The molecule has 1 fully saturated rings. The highest BCUT2D eigenvalue weighted by Gasteiger charge is 2.36. The number of likely N-dealkylation sites (N-methyl/N-ethyl adjacent to an activating group) is 1. The van der Waals surface area contributed by atoms with Crippen molar-refractivity contribution >= 4 is 0 Å². The Labute approximate surface area is 93.2 Å². The standard InChI is InChI=1S/C14H21N/c1-4-11-12-9-7-6-8-10-14(12)15(3)13(11)5-2/h4-5,12,14H,1-2,6-10H2,3H3. The molecule has 2 unspecified atom stereocenters. The van der Waals surface area contributed by atoms with Gasteiger partial charge in [-0.25, -0.2) is 0 Å². The lowest BCUT2D eigenvalue weighted by Gasteiger charge is -2.26. The van der Waals surface area contributed by atoms with Gasteiger partial charge in [0.25, 0.3) is 0 Å². The van der Waals surface area contributed by atoms with E-state index in [4.69, 9.17) is 0 Å². The minimum absolute atomic E-state index is 0.702. The van der Waals surface area contributed by atoms with E-state index in [0.29, 0.717) is 12.0 Å². The van der Waals surface area contributed by atoms with E-state index in [0.717, 1.165) is 0 Å². The van der Waals surface area contributed by atoms with Crippen molar-refractivity contribution in [3.05, 3.63) is 36.6 Å². The second-order valence-corrected chi connectivity index (χ2v) is 4.67. The van der Waals surface area contributed by atoms with Crippen molar-refractivity contribution in [3.63, 3.8) is 0 Å². The van der Waals surface area contributed by atoms with Gasteiger partial charge in [-0.1, -0.05) is 38.5 Å². The zero-order chi connectivity index (χ0) is 10.8. The molecule has 0 aromatic rings. The van der Waals surface area contributed by atoms with Gasteiger partial charge in [0.2, 0.25) is 0 Å². The van der Waals surface area contributed by atoms with Crippen LogP contribution < -0.4 is 0 Å². The van der Waals surface area contributed by atoms with Crippen molar-refractivity contribution in [2.75, 3.05) is 7.05 Å². The normalized spacial score (nSPS) is 31.1. The smallest absolute Gasteiger partial charge is 0.0396 e. The molecular weight excluding hydrogens is 182 g/mol. The molecule has 0 N–H and O–H groups in total. The van der Waals surface area contributed by atoms with E-state index in [2.05, 4.69) is 25.1 Å². The summed E-state index contributed by atoms with van der Waals surface area (Å²) < 4.78 is 0. The molecule has 0 radical (unpaired) electrons. The van der Waals surface area contributed by atoms with Crippen LogP contribution in [0.4, 0.5) is 0 Å². The largest absolute Gasteiger partial charge is 0.371 e. The molecule has 2 aliphatic rings. The first kappa shape index (κ1) is 10.5. The Morgan fingerprint density at radius 3 is 2.53 bits per heavy atom. The molecule has 0 aromatic heterocycles. The molecule has 2 rings (SSSR count). The fourth-order valence-corrected chi connectivity index (χ4v) is 3.20. The molecule has 0 bridgehead atoms. The summed E-state index contributed by atoms with van der Waals surface area (Å²) in [5.41, 5.74) is 2.74. The summed E-state index contributed by atoms with van der Waals surface area (Å²) in [7, 11) is 2.20. The van der Waals surface area contributed by atoms with Gasteiger partial charge in [-0.2, -0.15) is 0 Å². The van der Waals surface area contributed by atoms with Crippen molar-refractivity contribution in [1.82, 2.24) is 4.90 Å². The van der Waals surface area contributed by atoms with Gasteiger partial charge in [0.15, 0.2) is 0 Å². The zero-order valence-corrected chi connectivity index (χ0v) is 9.71. The molecule has 0 aromatic carbocycles. The van der Waals surface area contributed by atoms with Gasteiger partial charge in [0, 0.05) is 24.7 Å². The lowest BCUT2D eigenvalue weighted by molar-refractivity contribution is 0.273. The van der Waals surface area contributed by atoms with Crippen LogP contribution in [0.2, 0.25) is 0 Å². The van der Waals surface area contributed by atoms with E-state index < -0.39 is 0 Å². The van der Waals surface area contributed by atoms with Gasteiger partial charge in [-0.15, -0.1) is 0 Å². The van der Waals surface area contributed by atoms with Crippen molar-refractivity contribution < 1.29 is 0 Å². The fourth-order valence-electron chi connectivity index (χ4n) is 3.20. The summed E-state index contributed by atoms with van der Waals surface area (Å²) in [6.45, 7) is 7.89. The number of hydrogen-bond donors (Lipinski definition) is 0. The molecule has 82 valence electrons. The second kappa shape index (κ2) is 4.26. The molecular formula is C14H21N. The molecule has 1 nitrogen and oxygen atoms in total. The van der Waals surface area contributed by atoms with Crippen molar-refractivity contribution in [1.29, 1.82) is 0 Å².